The molecule has 0 saturated carbocycles. The minimum absolute atomic E-state index is 0.0330. The Hall–Kier alpha value is -3.14. The van der Waals surface area contributed by atoms with E-state index in [-0.39, 0.29) is 27.9 Å². The van der Waals surface area contributed by atoms with Crippen LogP contribution in [0.1, 0.15) is 20.7 Å². The second-order valence-electron chi connectivity index (χ2n) is 4.99. The van der Waals surface area contributed by atoms with Crippen LogP contribution >= 0.6 is 11.8 Å². The lowest BCUT2D eigenvalue weighted by Crippen LogP contribution is -2.33. The summed E-state index contributed by atoms with van der Waals surface area (Å²) in [6.45, 7) is -0.480. The Morgan fingerprint density at radius 2 is 1.84 bits per heavy atom. The Morgan fingerprint density at radius 1 is 1.20 bits per heavy atom. The quantitative estimate of drug-likeness (QED) is 0.335. The zero-order valence-corrected chi connectivity index (χ0v) is 13.5. The zero-order chi connectivity index (χ0) is 18.0. The molecule has 9 nitrogen and oxygen atoms in total. The third-order valence-electron chi connectivity index (χ3n) is 3.30. The molecule has 3 N–H and O–H groups in total. The number of hydrogen-bond donors (Lipinski definition) is 2. The average Bonchev–Trinajstić information content (AvgIpc) is 2.82. The summed E-state index contributed by atoms with van der Waals surface area (Å²) >= 11 is 0.919. The molecule has 2 amide bonds. The van der Waals surface area contributed by atoms with Gasteiger partial charge in [-0.2, -0.15) is 0 Å². The van der Waals surface area contributed by atoms with E-state index in [1.165, 1.54) is 12.1 Å². The summed E-state index contributed by atoms with van der Waals surface area (Å²) in [7, 11) is 0. The van der Waals surface area contributed by atoms with Crippen molar-refractivity contribution in [2.45, 2.75) is 5.16 Å². The van der Waals surface area contributed by atoms with Crippen molar-refractivity contribution in [3.8, 4) is 0 Å². The fourth-order valence-corrected chi connectivity index (χ4v) is 2.86. The predicted molar refractivity (Wildman–Crippen MR) is 87.9 cm³/mol. The number of nitrogens with two attached hydrogens (primary N) is 1. The van der Waals surface area contributed by atoms with E-state index in [1.807, 2.05) is 0 Å². The van der Waals surface area contributed by atoms with Crippen molar-refractivity contribution in [1.82, 2.24) is 14.9 Å². The van der Waals surface area contributed by atoms with Gasteiger partial charge in [0.2, 0.25) is 0 Å². The number of hydrogen-bond acceptors (Lipinski definition) is 8. The minimum Gasteiger partial charge on any atom is -0.443 e. The highest BCUT2D eigenvalue weighted by molar-refractivity contribution is 7.99. The summed E-state index contributed by atoms with van der Waals surface area (Å²) in [5, 5.41) is 0.169. The summed E-state index contributed by atoms with van der Waals surface area (Å²) in [5.41, 5.74) is 5.56. The first-order chi connectivity index (χ1) is 12.0. The lowest BCUT2D eigenvalue weighted by molar-refractivity contribution is -0.142. The zero-order valence-electron chi connectivity index (χ0n) is 12.7. The van der Waals surface area contributed by atoms with Gasteiger partial charge in [-0.15, -0.1) is 0 Å². The van der Waals surface area contributed by atoms with E-state index in [1.54, 1.807) is 12.1 Å². The van der Waals surface area contributed by atoms with E-state index in [9.17, 15) is 19.2 Å². The van der Waals surface area contributed by atoms with Gasteiger partial charge in [0.25, 0.3) is 17.4 Å². The molecule has 0 bridgehead atoms. The van der Waals surface area contributed by atoms with Gasteiger partial charge in [-0.1, -0.05) is 23.9 Å². The number of rotatable bonds is 5. The maximum atomic E-state index is 12.1. The molecule has 1 aromatic carbocycles. The molecule has 3 rings (SSSR count). The number of thioether (sulfide) groups is 1. The van der Waals surface area contributed by atoms with Gasteiger partial charge in [0, 0.05) is 6.07 Å². The number of H-pyrrole nitrogens is 1. The summed E-state index contributed by atoms with van der Waals surface area (Å²) in [6.07, 6.45) is 0. The van der Waals surface area contributed by atoms with Gasteiger partial charge in [-0.25, -0.2) is 9.88 Å². The fraction of sp³-hybridized carbons (Fsp3) is 0.133. The van der Waals surface area contributed by atoms with Crippen molar-refractivity contribution >= 4 is 35.4 Å². The number of carbonyl (C=O) groups excluding carboxylic acids is 3. The van der Waals surface area contributed by atoms with Gasteiger partial charge in [0.15, 0.2) is 11.9 Å². The lowest BCUT2D eigenvalue weighted by Gasteiger charge is -2.13. The molecule has 25 heavy (non-hydrogen) atoms. The molecule has 0 atom stereocenters. The Kier molecular flexibility index (Phi) is 4.52. The van der Waals surface area contributed by atoms with Crippen LogP contribution in [0.2, 0.25) is 0 Å². The molecule has 2 aromatic rings. The van der Waals surface area contributed by atoms with Crippen LogP contribution in [0.3, 0.4) is 0 Å². The number of anilines is 1. The second kappa shape index (κ2) is 6.77. The number of nitrogen functional groups attached to an aromatic ring is 1. The molecule has 1 aliphatic rings. The number of ether oxygens (including phenoxy) is 1. The highest BCUT2D eigenvalue weighted by atomic mass is 32.2. The van der Waals surface area contributed by atoms with Gasteiger partial charge in [0.1, 0.15) is 5.82 Å². The number of carbonyl (C=O) groups is 3. The van der Waals surface area contributed by atoms with Gasteiger partial charge >= 0.3 is 5.97 Å². The Balaban J connectivity index is 1.56. The molecule has 128 valence electrons. The fourth-order valence-electron chi connectivity index (χ4n) is 2.18. The second-order valence-corrected chi connectivity index (χ2v) is 5.96. The van der Waals surface area contributed by atoms with E-state index < -0.39 is 30.1 Å². The van der Waals surface area contributed by atoms with Gasteiger partial charge in [-0.3, -0.25) is 19.2 Å². The van der Waals surface area contributed by atoms with Gasteiger partial charge in [0.05, 0.1) is 16.9 Å². The SMILES string of the molecule is Nc1cc(=O)[nH]c(SCC(=O)OCN2C(=O)c3ccccc3C2=O)n1. The van der Waals surface area contributed by atoms with Crippen LogP contribution in [0.15, 0.2) is 40.3 Å². The number of aromatic nitrogens is 2. The molecule has 1 aromatic heterocycles. The minimum atomic E-state index is -0.674. The number of benzene rings is 1. The van der Waals surface area contributed by atoms with Crippen molar-refractivity contribution in [2.24, 2.45) is 0 Å². The predicted octanol–water partition coefficient (Wildman–Crippen LogP) is 0.241. The molecule has 0 saturated heterocycles. The van der Waals surface area contributed by atoms with Crippen LogP contribution in [0, 0.1) is 0 Å². The molecule has 1 aliphatic heterocycles. The molecule has 2 heterocycles. The molecule has 0 unspecified atom stereocenters. The first-order valence-electron chi connectivity index (χ1n) is 7.06. The monoisotopic (exact) mass is 360 g/mol. The molecule has 0 aliphatic carbocycles. The summed E-state index contributed by atoms with van der Waals surface area (Å²) in [4.78, 5) is 54.4. The maximum absolute atomic E-state index is 12.1. The Labute approximate surface area is 145 Å². The van der Waals surface area contributed by atoms with Crippen molar-refractivity contribution < 1.29 is 19.1 Å². The van der Waals surface area contributed by atoms with E-state index in [4.69, 9.17) is 10.5 Å². The highest BCUT2D eigenvalue weighted by Crippen LogP contribution is 2.22. The van der Waals surface area contributed by atoms with Gasteiger partial charge in [-0.05, 0) is 12.1 Å². The van der Waals surface area contributed by atoms with Crippen LogP contribution in [0.25, 0.3) is 0 Å². The first kappa shape index (κ1) is 16.7. The Morgan fingerprint density at radius 3 is 2.44 bits per heavy atom. The van der Waals surface area contributed by atoms with Crippen molar-refractivity contribution in [3.05, 3.63) is 51.8 Å². The largest absolute Gasteiger partial charge is 0.443 e. The van der Waals surface area contributed by atoms with Crippen LogP contribution in [0.5, 0.6) is 0 Å². The molecular formula is C15H12N4O5S. The smallest absolute Gasteiger partial charge is 0.318 e. The van der Waals surface area contributed by atoms with Crippen LogP contribution < -0.4 is 11.3 Å². The molecular weight excluding hydrogens is 348 g/mol. The number of nitrogens with zero attached hydrogens (tertiary/aromatic N) is 2. The third kappa shape index (κ3) is 3.53. The van der Waals surface area contributed by atoms with Crippen molar-refractivity contribution in [3.63, 3.8) is 0 Å². The number of fused-ring (bicyclic) bond motifs is 1. The summed E-state index contributed by atoms with van der Waals surface area (Å²) in [5.74, 6) is -1.83. The topological polar surface area (TPSA) is 135 Å². The number of imide groups is 1. The molecule has 10 heteroatoms. The summed E-state index contributed by atoms with van der Waals surface area (Å²) in [6, 6.07) is 7.49. The number of nitrogens with one attached hydrogen (secondary N) is 1. The van der Waals surface area contributed by atoms with E-state index in [0.29, 0.717) is 0 Å². The third-order valence-corrected chi connectivity index (χ3v) is 4.15. The first-order valence-corrected chi connectivity index (χ1v) is 8.05. The molecule has 0 radical (unpaired) electrons. The lowest BCUT2D eigenvalue weighted by atomic mass is 10.1. The van der Waals surface area contributed by atoms with E-state index in [0.717, 1.165) is 22.7 Å². The van der Waals surface area contributed by atoms with E-state index in [2.05, 4.69) is 9.97 Å². The molecule has 0 spiro atoms. The van der Waals surface area contributed by atoms with Crippen molar-refractivity contribution in [2.75, 3.05) is 18.2 Å². The molecule has 0 fully saturated rings. The standard InChI is InChI=1S/C15H12N4O5S/c16-10-5-11(20)18-15(17-10)25-6-12(21)24-7-19-13(22)8-3-1-2-4-9(8)14(19)23/h1-5H,6-7H2,(H3,16,17,18,20). The van der Waals surface area contributed by atoms with Gasteiger partial charge < -0.3 is 15.5 Å². The van der Waals surface area contributed by atoms with Crippen LogP contribution in [-0.4, -0.2) is 45.1 Å². The Bertz CT molecular complexity index is 891. The maximum Gasteiger partial charge on any atom is 0.318 e. The number of aromatic amines is 1. The summed E-state index contributed by atoms with van der Waals surface area (Å²) < 4.78 is 4.95. The number of amides is 2. The normalized spacial score (nSPS) is 13.0. The average molecular weight is 360 g/mol. The van der Waals surface area contributed by atoms with E-state index >= 15 is 0 Å². The number of esters is 1. The van der Waals surface area contributed by atoms with Crippen LogP contribution in [0.4, 0.5) is 5.82 Å². The van der Waals surface area contributed by atoms with Crippen LogP contribution in [-0.2, 0) is 9.53 Å². The highest BCUT2D eigenvalue weighted by Gasteiger charge is 2.35. The van der Waals surface area contributed by atoms with Crippen molar-refractivity contribution in [1.29, 1.82) is 0 Å².